The summed E-state index contributed by atoms with van der Waals surface area (Å²) in [5.41, 5.74) is 3.27. The second kappa shape index (κ2) is 15.7. The van der Waals surface area contributed by atoms with Crippen LogP contribution in [0.2, 0.25) is 0 Å². The van der Waals surface area contributed by atoms with Gasteiger partial charge >= 0.3 is 12.1 Å². The van der Waals surface area contributed by atoms with Crippen LogP contribution >= 0.6 is 0 Å². The van der Waals surface area contributed by atoms with E-state index in [1.165, 1.54) is 7.11 Å². The molecule has 3 aromatic rings. The van der Waals surface area contributed by atoms with E-state index >= 15 is 0 Å². The number of methoxy groups -OCH3 is 1. The zero-order chi connectivity index (χ0) is 35.9. The number of hydrogen-bond acceptors (Lipinski definition) is 9. The first-order valence-corrected chi connectivity index (χ1v) is 16.6. The van der Waals surface area contributed by atoms with E-state index < -0.39 is 28.1 Å². The van der Waals surface area contributed by atoms with Crippen LogP contribution in [-0.4, -0.2) is 81.0 Å². The van der Waals surface area contributed by atoms with Gasteiger partial charge < -0.3 is 25.2 Å². The van der Waals surface area contributed by atoms with Gasteiger partial charge in [0.1, 0.15) is 11.5 Å². The molecule has 1 aliphatic heterocycles. The molecule has 262 valence electrons. The highest BCUT2D eigenvalue weighted by Gasteiger charge is 2.38. The number of amides is 1. The Kier molecular flexibility index (Phi) is 12.4. The normalized spacial score (nSPS) is 13.9. The molecule has 12 nitrogen and oxygen atoms in total. The first-order valence-electron chi connectivity index (χ1n) is 14.7. The molecule has 0 saturated carbocycles. The minimum absolute atomic E-state index is 0.217. The van der Waals surface area contributed by atoms with Gasteiger partial charge in [0.05, 0.1) is 30.4 Å². The van der Waals surface area contributed by atoms with E-state index in [1.807, 2.05) is 39.8 Å². The van der Waals surface area contributed by atoms with Gasteiger partial charge in [-0.2, -0.15) is 13.2 Å². The van der Waals surface area contributed by atoms with Crippen LogP contribution in [0, 0.1) is 6.92 Å². The van der Waals surface area contributed by atoms with Gasteiger partial charge in [0.25, 0.3) is 5.91 Å². The molecule has 1 saturated heterocycles. The lowest BCUT2D eigenvalue weighted by molar-refractivity contribution is -0.192. The largest absolute Gasteiger partial charge is 0.492 e. The van der Waals surface area contributed by atoms with Crippen molar-refractivity contribution < 1.29 is 45.8 Å². The van der Waals surface area contributed by atoms with E-state index in [0.29, 0.717) is 22.7 Å². The van der Waals surface area contributed by atoms with Gasteiger partial charge in [-0.15, -0.1) is 0 Å². The van der Waals surface area contributed by atoms with E-state index in [4.69, 9.17) is 19.4 Å². The topological polar surface area (TPSA) is 159 Å². The third-order valence-corrected chi connectivity index (χ3v) is 7.60. The van der Waals surface area contributed by atoms with Crippen LogP contribution < -0.4 is 24.8 Å². The predicted octanol–water partition coefficient (Wildman–Crippen LogP) is 5.15. The van der Waals surface area contributed by atoms with Crippen LogP contribution in [0.25, 0.3) is 0 Å². The highest BCUT2D eigenvalue weighted by molar-refractivity contribution is 7.92. The van der Waals surface area contributed by atoms with Crippen LogP contribution in [0.5, 0.6) is 17.2 Å². The molecule has 0 radical (unpaired) electrons. The Morgan fingerprint density at radius 3 is 2.23 bits per heavy atom. The zero-order valence-electron chi connectivity index (χ0n) is 27.5. The van der Waals surface area contributed by atoms with E-state index in [2.05, 4.69) is 25.2 Å². The van der Waals surface area contributed by atoms with Crippen molar-refractivity contribution in [1.29, 1.82) is 0 Å². The summed E-state index contributed by atoms with van der Waals surface area (Å²) in [4.78, 5) is 29.2. The van der Waals surface area contributed by atoms with Crippen molar-refractivity contribution in [3.05, 3.63) is 71.0 Å². The average molecular weight is 696 g/mol. The highest BCUT2D eigenvalue weighted by atomic mass is 32.2. The van der Waals surface area contributed by atoms with Crippen LogP contribution in [0.3, 0.4) is 0 Å². The lowest BCUT2D eigenvalue weighted by atomic mass is 9.86. The number of aryl methyl sites for hydroxylation is 1. The number of carbonyl (C=O) groups excluding carboxylic acids is 1. The highest BCUT2D eigenvalue weighted by Crippen LogP contribution is 2.39. The number of pyridine rings is 1. The predicted molar refractivity (Wildman–Crippen MR) is 175 cm³/mol. The van der Waals surface area contributed by atoms with E-state index in [9.17, 15) is 26.4 Å². The second-order valence-corrected chi connectivity index (χ2v) is 13.8. The number of hydrogen-bond donors (Lipinski definition) is 4. The van der Waals surface area contributed by atoms with Crippen molar-refractivity contribution in [2.24, 2.45) is 0 Å². The van der Waals surface area contributed by atoms with Crippen LogP contribution in [0.15, 0.2) is 48.7 Å². The van der Waals surface area contributed by atoms with Gasteiger partial charge in [0.2, 0.25) is 10.0 Å². The maximum atomic E-state index is 13.4. The third kappa shape index (κ3) is 11.4. The number of carbonyl (C=O) groups is 2. The first-order chi connectivity index (χ1) is 22.3. The van der Waals surface area contributed by atoms with Crippen molar-refractivity contribution in [3.63, 3.8) is 0 Å². The smallest absolute Gasteiger partial charge is 0.490 e. The van der Waals surface area contributed by atoms with Crippen LogP contribution in [0.4, 0.5) is 24.5 Å². The summed E-state index contributed by atoms with van der Waals surface area (Å²) < 4.78 is 70.1. The van der Waals surface area contributed by atoms with Crippen LogP contribution in [-0.2, 0) is 26.8 Å². The number of anilines is 2. The second-order valence-electron chi connectivity index (χ2n) is 12.1. The lowest BCUT2D eigenvalue weighted by Gasteiger charge is -2.26. The number of sulfonamides is 1. The summed E-state index contributed by atoms with van der Waals surface area (Å²) in [5.74, 6) is -1.74. The Balaban J connectivity index is 0.000000804. The fourth-order valence-electron chi connectivity index (χ4n) is 4.53. The average Bonchev–Trinajstić information content (AvgIpc) is 2.97. The van der Waals surface area contributed by atoms with Crippen molar-refractivity contribution in [1.82, 2.24) is 15.2 Å². The van der Waals surface area contributed by atoms with Gasteiger partial charge in [0.15, 0.2) is 5.75 Å². The molecule has 1 aromatic heterocycles. The number of alkyl halides is 3. The first kappa shape index (κ1) is 38.0. The Hall–Kier alpha value is -4.41. The molecule has 1 aliphatic rings. The summed E-state index contributed by atoms with van der Waals surface area (Å²) in [5, 5.41) is 13.4. The summed E-state index contributed by atoms with van der Waals surface area (Å²) in [6, 6.07) is 12.5. The van der Waals surface area contributed by atoms with Crippen molar-refractivity contribution >= 4 is 33.3 Å². The number of aliphatic carboxylic acids is 1. The molecule has 1 amide bonds. The monoisotopic (exact) mass is 695 g/mol. The fourth-order valence-corrected chi connectivity index (χ4v) is 5.08. The molecule has 2 heterocycles. The summed E-state index contributed by atoms with van der Waals surface area (Å²) in [6.07, 6.45) is -2.28. The Bertz CT molecular complexity index is 1720. The van der Waals surface area contributed by atoms with Crippen molar-refractivity contribution in [3.8, 4) is 17.2 Å². The maximum absolute atomic E-state index is 13.4. The number of carboxylic acids is 1. The molecule has 1 fully saturated rings. The number of nitrogens with one attached hydrogen (secondary N) is 3. The SMILES string of the molecule is COc1c(NC(=O)c2ccc(C)c(Oc3ccnc(CN4CCNCC4)c3)c2)cc(C(C)(C)C)cc1NS(C)(=O)=O.O=C(O)C(F)(F)F. The summed E-state index contributed by atoms with van der Waals surface area (Å²) in [7, 11) is -2.16. The number of rotatable bonds is 9. The van der Waals surface area contributed by atoms with E-state index in [0.717, 1.165) is 55.8 Å². The quantitative estimate of drug-likeness (QED) is 0.236. The molecule has 16 heteroatoms. The van der Waals surface area contributed by atoms with Gasteiger partial charge in [-0.3, -0.25) is 19.4 Å². The van der Waals surface area contributed by atoms with Crippen molar-refractivity contribution in [2.75, 3.05) is 49.6 Å². The van der Waals surface area contributed by atoms with E-state index in [1.54, 1.807) is 36.5 Å². The minimum atomic E-state index is -5.08. The Labute approximate surface area is 277 Å². The Morgan fingerprint density at radius 1 is 1.04 bits per heavy atom. The molecule has 0 unspecified atom stereocenters. The summed E-state index contributed by atoms with van der Waals surface area (Å²) in [6.45, 7) is 12.5. The molecule has 0 bridgehead atoms. The molecule has 4 N–H and O–H groups in total. The maximum Gasteiger partial charge on any atom is 0.490 e. The molecule has 0 aliphatic carbocycles. The van der Waals surface area contributed by atoms with Gasteiger partial charge in [-0.25, -0.2) is 13.2 Å². The molecule has 48 heavy (non-hydrogen) atoms. The number of piperazine rings is 1. The van der Waals surface area contributed by atoms with Crippen LogP contribution in [0.1, 0.15) is 48.0 Å². The van der Waals surface area contributed by atoms with Gasteiger partial charge in [-0.1, -0.05) is 26.8 Å². The number of ether oxygens (including phenoxy) is 2. The molecular weight excluding hydrogens is 655 g/mol. The van der Waals surface area contributed by atoms with E-state index in [-0.39, 0.29) is 16.9 Å². The lowest BCUT2D eigenvalue weighted by Crippen LogP contribution is -2.43. The molecule has 2 aromatic carbocycles. The zero-order valence-corrected chi connectivity index (χ0v) is 28.3. The number of halogens is 3. The molecule has 0 atom stereocenters. The molecular formula is C32H40F3N5O7S. The number of aromatic nitrogens is 1. The van der Waals surface area contributed by atoms with Gasteiger partial charge in [0, 0.05) is 50.6 Å². The molecule has 0 spiro atoms. The standard InChI is InChI=1S/C30H39N5O5S.C2HF3O2/c1-20-7-8-21(15-27(20)40-24-9-10-32-23(18-24)19-35-13-11-31-12-14-35)29(36)33-25-16-22(30(2,3)4)17-26(28(25)39-5)34-41(6,37)38;3-2(4,5)1(6)7/h7-10,15-18,31,34H,11-14,19H2,1-6H3,(H,33,36);(H,6,7). The fraction of sp³-hybridized carbons (Fsp3) is 0.406. The number of benzene rings is 2. The minimum Gasteiger partial charge on any atom is -0.492 e. The number of nitrogens with zero attached hydrogens (tertiary/aromatic N) is 2. The summed E-state index contributed by atoms with van der Waals surface area (Å²) >= 11 is 0. The van der Waals surface area contributed by atoms with Crippen molar-refractivity contribution in [2.45, 2.75) is 45.8 Å². The third-order valence-electron chi connectivity index (χ3n) is 7.01. The number of carboxylic acid groups (broad SMARTS) is 1. The molecule has 4 rings (SSSR count). The Morgan fingerprint density at radius 2 is 1.67 bits per heavy atom. The van der Waals surface area contributed by atoms with Gasteiger partial charge in [-0.05, 0) is 53.8 Å².